The van der Waals surface area contributed by atoms with Gasteiger partial charge >= 0.3 is 5.97 Å². The van der Waals surface area contributed by atoms with Crippen molar-refractivity contribution in [1.29, 1.82) is 0 Å². The van der Waals surface area contributed by atoms with Crippen molar-refractivity contribution in [2.45, 2.75) is 46.0 Å². The van der Waals surface area contributed by atoms with Crippen LogP contribution in [-0.2, 0) is 14.3 Å². The first-order chi connectivity index (χ1) is 15.3. The summed E-state index contributed by atoms with van der Waals surface area (Å²) >= 11 is 0. The molecule has 4 rings (SSSR count). The molecule has 3 aromatic rings. The van der Waals surface area contributed by atoms with Gasteiger partial charge in [-0.25, -0.2) is 4.79 Å². The molecule has 4 heteroatoms. The Morgan fingerprint density at radius 1 is 0.781 bits per heavy atom. The second-order valence-corrected chi connectivity index (χ2v) is 13.4. The van der Waals surface area contributed by atoms with E-state index in [4.69, 9.17) is 9.47 Å². The number of rotatable bonds is 6. The molecule has 0 unspecified atom stereocenters. The van der Waals surface area contributed by atoms with Crippen LogP contribution in [-0.4, -0.2) is 24.0 Å². The third-order valence-electron chi connectivity index (χ3n) is 6.24. The van der Waals surface area contributed by atoms with Gasteiger partial charge in [-0.3, -0.25) is 0 Å². The number of hydrogen-bond acceptors (Lipinski definition) is 3. The van der Waals surface area contributed by atoms with Crippen LogP contribution in [0.2, 0.25) is 0 Å². The van der Waals surface area contributed by atoms with Crippen LogP contribution in [0.5, 0.6) is 0 Å². The summed E-state index contributed by atoms with van der Waals surface area (Å²) in [5, 5.41) is 3.92. The van der Waals surface area contributed by atoms with Crippen LogP contribution in [0.4, 0.5) is 0 Å². The van der Waals surface area contributed by atoms with Gasteiger partial charge in [-0.1, -0.05) is 75.4 Å². The Hall–Kier alpha value is -2.48. The van der Waals surface area contributed by atoms with E-state index in [0.717, 1.165) is 6.16 Å². The maximum Gasteiger partial charge on any atom is 0.340 e. The van der Waals surface area contributed by atoms with Crippen LogP contribution in [0.15, 0.2) is 91.0 Å². The third kappa shape index (κ3) is 4.25. The second kappa shape index (κ2) is 8.81. The van der Waals surface area contributed by atoms with Crippen LogP contribution in [0.1, 0.15) is 34.1 Å². The van der Waals surface area contributed by atoms with E-state index in [1.54, 1.807) is 0 Å². The number of ether oxygens (including phenoxy) is 2. The molecule has 1 heterocycles. The van der Waals surface area contributed by atoms with Crippen molar-refractivity contribution >= 4 is 29.1 Å². The zero-order valence-corrected chi connectivity index (χ0v) is 20.2. The Kier molecular flexibility index (Phi) is 6.25. The van der Waals surface area contributed by atoms with Gasteiger partial charge in [0, 0.05) is 11.8 Å². The first-order valence-electron chi connectivity index (χ1n) is 11.2. The molecule has 0 aliphatic carbocycles. The molecule has 1 aliphatic heterocycles. The molecule has 0 radical (unpaired) electrons. The van der Waals surface area contributed by atoms with Crippen LogP contribution in [0, 0.1) is 5.41 Å². The quantitative estimate of drug-likeness (QED) is 0.391. The standard InChI is InChI=1S/C28H32O3P/c1-27(2,3)26-30-25(29)28(4,31-26)20-21-32(22-14-8-5-9-15-22,23-16-10-6-11-17-23)24-18-12-7-13-19-24/h5-19,26H,20-21H2,1-4H3/q+1/t26-,28+/m1/s1. The van der Waals surface area contributed by atoms with Gasteiger partial charge in [-0.05, 0) is 43.3 Å². The predicted molar refractivity (Wildman–Crippen MR) is 133 cm³/mol. The molecule has 0 amide bonds. The van der Waals surface area contributed by atoms with E-state index in [9.17, 15) is 4.79 Å². The maximum absolute atomic E-state index is 12.9. The highest BCUT2D eigenvalue weighted by atomic mass is 31.2. The zero-order valence-electron chi connectivity index (χ0n) is 19.3. The molecule has 0 saturated carbocycles. The van der Waals surface area contributed by atoms with E-state index in [1.165, 1.54) is 15.9 Å². The van der Waals surface area contributed by atoms with Crippen molar-refractivity contribution in [2.24, 2.45) is 5.41 Å². The van der Waals surface area contributed by atoms with Crippen molar-refractivity contribution in [3.8, 4) is 0 Å². The van der Waals surface area contributed by atoms with Crippen molar-refractivity contribution in [3.05, 3.63) is 91.0 Å². The number of carbonyl (C=O) groups excluding carboxylic acids is 1. The lowest BCUT2D eigenvalue weighted by Crippen LogP contribution is -2.39. The number of esters is 1. The fourth-order valence-electron chi connectivity index (χ4n) is 4.31. The maximum atomic E-state index is 12.9. The van der Waals surface area contributed by atoms with Crippen molar-refractivity contribution in [1.82, 2.24) is 0 Å². The lowest BCUT2D eigenvalue weighted by molar-refractivity contribution is -0.155. The number of benzene rings is 3. The summed E-state index contributed by atoms with van der Waals surface area (Å²) in [5.41, 5.74) is -1.22. The summed E-state index contributed by atoms with van der Waals surface area (Å²) in [7, 11) is -2.02. The van der Waals surface area contributed by atoms with Gasteiger partial charge in [-0.15, -0.1) is 0 Å². The van der Waals surface area contributed by atoms with Crippen molar-refractivity contribution in [3.63, 3.8) is 0 Å². The van der Waals surface area contributed by atoms with Gasteiger partial charge in [0.25, 0.3) is 0 Å². The average Bonchev–Trinajstić information content (AvgIpc) is 3.11. The van der Waals surface area contributed by atoms with Crippen LogP contribution in [0.3, 0.4) is 0 Å². The summed E-state index contributed by atoms with van der Waals surface area (Å²) in [6, 6.07) is 32.1. The lowest BCUT2D eigenvalue weighted by Gasteiger charge is -2.31. The molecule has 166 valence electrons. The van der Waals surface area contributed by atoms with E-state index in [1.807, 2.05) is 27.7 Å². The van der Waals surface area contributed by atoms with E-state index in [0.29, 0.717) is 6.42 Å². The Balaban J connectivity index is 1.80. The Morgan fingerprint density at radius 2 is 1.19 bits per heavy atom. The zero-order chi connectivity index (χ0) is 22.8. The lowest BCUT2D eigenvalue weighted by atomic mass is 9.96. The first-order valence-corrected chi connectivity index (χ1v) is 13.2. The molecule has 0 N–H and O–H groups in total. The van der Waals surface area contributed by atoms with Crippen LogP contribution >= 0.6 is 7.26 Å². The molecular weight excluding hydrogens is 415 g/mol. The normalized spacial score (nSPS) is 21.4. The van der Waals surface area contributed by atoms with E-state index >= 15 is 0 Å². The van der Waals surface area contributed by atoms with E-state index in [-0.39, 0.29) is 11.4 Å². The Morgan fingerprint density at radius 3 is 1.53 bits per heavy atom. The highest BCUT2D eigenvalue weighted by Crippen LogP contribution is 2.57. The molecule has 1 saturated heterocycles. The fourth-order valence-corrected chi connectivity index (χ4v) is 8.78. The van der Waals surface area contributed by atoms with Gasteiger partial charge in [0.2, 0.25) is 6.29 Å². The molecule has 0 bridgehead atoms. The molecular formula is C28H32O3P+. The van der Waals surface area contributed by atoms with Crippen LogP contribution in [0.25, 0.3) is 0 Å². The minimum absolute atomic E-state index is 0.260. The molecule has 32 heavy (non-hydrogen) atoms. The molecule has 0 aromatic heterocycles. The van der Waals surface area contributed by atoms with Crippen molar-refractivity contribution < 1.29 is 14.3 Å². The summed E-state index contributed by atoms with van der Waals surface area (Å²) in [4.78, 5) is 12.9. The predicted octanol–water partition coefficient (Wildman–Crippen LogP) is 5.07. The topological polar surface area (TPSA) is 35.5 Å². The van der Waals surface area contributed by atoms with E-state index in [2.05, 4.69) is 91.0 Å². The summed E-state index contributed by atoms with van der Waals surface area (Å²) < 4.78 is 11.9. The van der Waals surface area contributed by atoms with Gasteiger partial charge < -0.3 is 9.47 Å². The summed E-state index contributed by atoms with van der Waals surface area (Å²) in [5.74, 6) is -0.260. The molecule has 0 spiro atoms. The highest BCUT2D eigenvalue weighted by molar-refractivity contribution is 7.95. The van der Waals surface area contributed by atoms with Gasteiger partial charge in [0.15, 0.2) is 5.60 Å². The van der Waals surface area contributed by atoms with Crippen molar-refractivity contribution in [2.75, 3.05) is 6.16 Å². The second-order valence-electron chi connectivity index (χ2n) is 9.74. The van der Waals surface area contributed by atoms with Gasteiger partial charge in [-0.2, -0.15) is 0 Å². The number of cyclic esters (lactones) is 1. The van der Waals surface area contributed by atoms with Gasteiger partial charge in [0.1, 0.15) is 23.2 Å². The molecule has 1 aliphatic rings. The minimum Gasteiger partial charge on any atom is -0.433 e. The third-order valence-corrected chi connectivity index (χ3v) is 10.7. The van der Waals surface area contributed by atoms with Gasteiger partial charge in [0.05, 0.1) is 6.16 Å². The average molecular weight is 448 g/mol. The van der Waals surface area contributed by atoms with E-state index < -0.39 is 19.2 Å². The number of carbonyl (C=O) groups is 1. The molecule has 1 fully saturated rings. The van der Waals surface area contributed by atoms with Crippen LogP contribution < -0.4 is 15.9 Å². The number of hydrogen-bond donors (Lipinski definition) is 0. The Labute approximate surface area is 192 Å². The smallest absolute Gasteiger partial charge is 0.340 e. The Bertz CT molecular complexity index is 948. The monoisotopic (exact) mass is 447 g/mol. The first kappa shape index (κ1) is 22.7. The molecule has 3 nitrogen and oxygen atoms in total. The molecule has 2 atom stereocenters. The SMILES string of the molecule is CC(C)(C)[C@@H]1OC(=O)[C@](C)(CC[P+](c2ccccc2)(c2ccccc2)c2ccccc2)O1. The molecule has 3 aromatic carbocycles. The summed E-state index contributed by atoms with van der Waals surface area (Å²) in [6.45, 7) is 7.99. The fraction of sp³-hybridized carbons (Fsp3) is 0.321. The minimum atomic E-state index is -2.02. The highest BCUT2D eigenvalue weighted by Gasteiger charge is 2.54. The largest absolute Gasteiger partial charge is 0.433 e. The summed E-state index contributed by atoms with van der Waals surface area (Å²) in [6.07, 6.45) is 0.871.